The van der Waals surface area contributed by atoms with Gasteiger partial charge in [-0.1, -0.05) is 6.42 Å². The van der Waals surface area contributed by atoms with E-state index in [1.165, 1.54) is 4.31 Å². The third-order valence-electron chi connectivity index (χ3n) is 3.99. The van der Waals surface area contributed by atoms with Crippen LogP contribution in [0.4, 0.5) is 0 Å². The van der Waals surface area contributed by atoms with Crippen molar-refractivity contribution in [1.82, 2.24) is 14.1 Å². The third-order valence-corrected chi connectivity index (χ3v) is 6.20. The van der Waals surface area contributed by atoms with Crippen molar-refractivity contribution < 1.29 is 18.3 Å². The van der Waals surface area contributed by atoms with Gasteiger partial charge in [-0.15, -0.1) is 0 Å². The summed E-state index contributed by atoms with van der Waals surface area (Å²) in [4.78, 5) is 11.2. The number of carboxylic acid groups (broad SMARTS) is 1. The number of aliphatic carboxylic acids is 1. The van der Waals surface area contributed by atoms with E-state index in [4.69, 9.17) is 5.11 Å². The number of aromatic nitrogens is 2. The van der Waals surface area contributed by atoms with Crippen LogP contribution in [0, 0.1) is 13.8 Å². The quantitative estimate of drug-likeness (QED) is 0.896. The van der Waals surface area contributed by atoms with Crippen LogP contribution in [-0.4, -0.2) is 46.2 Å². The molecule has 1 N–H and O–H groups in total. The van der Waals surface area contributed by atoms with E-state index in [1.807, 2.05) is 0 Å². The summed E-state index contributed by atoms with van der Waals surface area (Å²) >= 11 is 0. The first-order chi connectivity index (χ1) is 9.75. The number of hydrogen-bond donors (Lipinski definition) is 1. The van der Waals surface area contributed by atoms with Crippen molar-refractivity contribution in [1.29, 1.82) is 0 Å². The molecule has 0 radical (unpaired) electrons. The van der Waals surface area contributed by atoms with Crippen molar-refractivity contribution in [2.24, 2.45) is 7.05 Å². The molecule has 1 fully saturated rings. The van der Waals surface area contributed by atoms with Gasteiger partial charge in [0.15, 0.2) is 0 Å². The Morgan fingerprint density at radius 1 is 1.38 bits per heavy atom. The molecule has 1 aliphatic rings. The lowest BCUT2D eigenvalue weighted by Crippen LogP contribution is -2.44. The van der Waals surface area contributed by atoms with Gasteiger partial charge in [-0.3, -0.25) is 9.48 Å². The van der Waals surface area contributed by atoms with E-state index in [1.54, 1.807) is 25.6 Å². The normalized spacial score (nSPS) is 20.6. The Balaban J connectivity index is 2.43. The SMILES string of the molecule is Cc1nn(C)c(C)c1S(=O)(=O)N1CCCCC1CC(=O)O. The Morgan fingerprint density at radius 3 is 2.57 bits per heavy atom. The number of carboxylic acids is 1. The Kier molecular flexibility index (Phi) is 4.38. The summed E-state index contributed by atoms with van der Waals surface area (Å²) in [6.45, 7) is 3.74. The van der Waals surface area contributed by atoms with Crippen molar-refractivity contribution in [3.63, 3.8) is 0 Å². The fraction of sp³-hybridized carbons (Fsp3) is 0.692. The van der Waals surface area contributed by atoms with Crippen LogP contribution >= 0.6 is 0 Å². The van der Waals surface area contributed by atoms with Crippen LogP contribution in [0.2, 0.25) is 0 Å². The molecule has 1 aromatic rings. The van der Waals surface area contributed by atoms with Crippen molar-refractivity contribution in [3.05, 3.63) is 11.4 Å². The first-order valence-corrected chi connectivity index (χ1v) is 8.43. The molecule has 0 aliphatic carbocycles. The Labute approximate surface area is 124 Å². The van der Waals surface area contributed by atoms with Crippen molar-refractivity contribution >= 4 is 16.0 Å². The highest BCUT2D eigenvalue weighted by molar-refractivity contribution is 7.89. The predicted octanol–water partition coefficient (Wildman–Crippen LogP) is 1.05. The topological polar surface area (TPSA) is 92.5 Å². The summed E-state index contributed by atoms with van der Waals surface area (Å²) in [5.41, 5.74) is 1.03. The maximum atomic E-state index is 12.9. The number of hydrogen-bond acceptors (Lipinski definition) is 4. The van der Waals surface area contributed by atoms with E-state index in [2.05, 4.69) is 5.10 Å². The molecule has 1 aromatic heterocycles. The molecular formula is C13H21N3O4S. The molecule has 2 heterocycles. The zero-order chi connectivity index (χ0) is 15.8. The molecule has 1 atom stereocenters. The van der Waals surface area contributed by atoms with Crippen LogP contribution in [0.15, 0.2) is 4.90 Å². The highest BCUT2D eigenvalue weighted by Gasteiger charge is 2.37. The summed E-state index contributed by atoms with van der Waals surface area (Å²) in [5.74, 6) is -0.971. The van der Waals surface area contributed by atoms with Crippen molar-refractivity contribution in [2.75, 3.05) is 6.54 Å². The first kappa shape index (κ1) is 16.0. The standard InChI is InChI=1S/C13H21N3O4S/c1-9-13(10(2)15(3)14-9)21(19,20)16-7-5-4-6-11(16)8-12(17)18/h11H,4-8H2,1-3H3,(H,17,18). The molecule has 1 unspecified atom stereocenters. The highest BCUT2D eigenvalue weighted by Crippen LogP contribution is 2.30. The van der Waals surface area contributed by atoms with Gasteiger partial charge >= 0.3 is 5.97 Å². The zero-order valence-electron chi connectivity index (χ0n) is 12.5. The molecule has 21 heavy (non-hydrogen) atoms. The molecule has 2 rings (SSSR count). The number of carbonyl (C=O) groups is 1. The summed E-state index contributed by atoms with van der Waals surface area (Å²) in [5, 5.41) is 13.1. The lowest BCUT2D eigenvalue weighted by atomic mass is 10.0. The van der Waals surface area contributed by atoms with Gasteiger partial charge in [-0.05, 0) is 26.7 Å². The molecule has 0 bridgehead atoms. The molecule has 118 valence electrons. The van der Waals surface area contributed by atoms with E-state index in [0.717, 1.165) is 12.8 Å². The lowest BCUT2D eigenvalue weighted by Gasteiger charge is -2.33. The van der Waals surface area contributed by atoms with Gasteiger partial charge in [-0.2, -0.15) is 9.40 Å². The molecule has 0 amide bonds. The van der Waals surface area contributed by atoms with Crippen molar-refractivity contribution in [2.45, 2.75) is 50.5 Å². The minimum atomic E-state index is -3.71. The average Bonchev–Trinajstić information content (AvgIpc) is 2.63. The van der Waals surface area contributed by atoms with Crippen LogP contribution in [0.1, 0.15) is 37.1 Å². The molecule has 7 nitrogen and oxygen atoms in total. The second kappa shape index (κ2) is 5.76. The van der Waals surface area contributed by atoms with Gasteiger partial charge < -0.3 is 5.11 Å². The second-order valence-corrected chi connectivity index (χ2v) is 7.31. The van der Waals surface area contributed by atoms with E-state index in [0.29, 0.717) is 24.4 Å². The fourth-order valence-electron chi connectivity index (χ4n) is 2.94. The minimum Gasteiger partial charge on any atom is -0.481 e. The Bertz CT molecular complexity index is 651. The fourth-order valence-corrected chi connectivity index (χ4v) is 5.04. The van der Waals surface area contributed by atoms with Gasteiger partial charge in [-0.25, -0.2) is 8.42 Å². The smallest absolute Gasteiger partial charge is 0.304 e. The van der Waals surface area contributed by atoms with Gasteiger partial charge in [0.1, 0.15) is 4.90 Å². The van der Waals surface area contributed by atoms with Gasteiger partial charge in [0, 0.05) is 19.6 Å². The summed E-state index contributed by atoms with van der Waals surface area (Å²) < 4.78 is 28.7. The van der Waals surface area contributed by atoms with Gasteiger partial charge in [0.25, 0.3) is 0 Å². The van der Waals surface area contributed by atoms with Crippen molar-refractivity contribution in [3.8, 4) is 0 Å². The van der Waals surface area contributed by atoms with E-state index in [-0.39, 0.29) is 11.3 Å². The molecular weight excluding hydrogens is 294 g/mol. The summed E-state index contributed by atoms with van der Waals surface area (Å²) in [6, 6.07) is -0.472. The highest BCUT2D eigenvalue weighted by atomic mass is 32.2. The minimum absolute atomic E-state index is 0.155. The van der Waals surface area contributed by atoms with Gasteiger partial charge in [0.05, 0.1) is 17.8 Å². The van der Waals surface area contributed by atoms with Crippen LogP contribution in [0.5, 0.6) is 0 Å². The third kappa shape index (κ3) is 2.96. The predicted molar refractivity (Wildman–Crippen MR) is 76.5 cm³/mol. The largest absolute Gasteiger partial charge is 0.481 e. The van der Waals surface area contributed by atoms with E-state index < -0.39 is 22.0 Å². The second-order valence-electron chi connectivity index (χ2n) is 5.49. The van der Waals surface area contributed by atoms with E-state index >= 15 is 0 Å². The molecule has 8 heteroatoms. The zero-order valence-corrected chi connectivity index (χ0v) is 13.4. The number of aryl methyl sites for hydroxylation is 2. The van der Waals surface area contributed by atoms with Crippen LogP contribution < -0.4 is 0 Å². The van der Waals surface area contributed by atoms with Crippen LogP contribution in [0.3, 0.4) is 0 Å². The lowest BCUT2D eigenvalue weighted by molar-refractivity contribution is -0.138. The number of sulfonamides is 1. The Hall–Kier alpha value is -1.41. The molecule has 1 aliphatic heterocycles. The van der Waals surface area contributed by atoms with Crippen LogP contribution in [0.25, 0.3) is 0 Å². The number of nitrogens with zero attached hydrogens (tertiary/aromatic N) is 3. The molecule has 1 saturated heterocycles. The number of rotatable bonds is 4. The maximum absolute atomic E-state index is 12.9. The van der Waals surface area contributed by atoms with E-state index in [9.17, 15) is 13.2 Å². The first-order valence-electron chi connectivity index (χ1n) is 6.99. The molecule has 0 saturated carbocycles. The number of piperidine rings is 1. The van der Waals surface area contributed by atoms with Crippen LogP contribution in [-0.2, 0) is 21.9 Å². The molecule has 0 aromatic carbocycles. The summed E-state index contributed by atoms with van der Waals surface area (Å²) in [6.07, 6.45) is 2.05. The monoisotopic (exact) mass is 315 g/mol. The maximum Gasteiger partial charge on any atom is 0.304 e. The van der Waals surface area contributed by atoms with Gasteiger partial charge in [0.2, 0.25) is 10.0 Å². The molecule has 0 spiro atoms. The summed E-state index contributed by atoms with van der Waals surface area (Å²) in [7, 11) is -2.01. The average molecular weight is 315 g/mol. The Morgan fingerprint density at radius 2 is 2.05 bits per heavy atom.